The highest BCUT2D eigenvalue weighted by Gasteiger charge is 2.24. The van der Waals surface area contributed by atoms with E-state index in [4.69, 9.17) is 9.84 Å². The Balaban J connectivity index is 0.000000259. The minimum atomic E-state index is -1.40. The van der Waals surface area contributed by atoms with Gasteiger partial charge in [-0.3, -0.25) is 9.59 Å². The van der Waals surface area contributed by atoms with E-state index < -0.39 is 18.2 Å². The number of allylic oxidation sites excluding steroid dienone is 1. The molecule has 2 aromatic carbocycles. The van der Waals surface area contributed by atoms with E-state index in [0.29, 0.717) is 55.1 Å². The molecule has 5 atom stereocenters. The van der Waals surface area contributed by atoms with Crippen LogP contribution < -0.4 is 16.0 Å². The zero-order chi connectivity index (χ0) is 44.7. The number of carboxylic acid groups (broad SMARTS) is 1. The molecule has 15 nitrogen and oxygen atoms in total. The van der Waals surface area contributed by atoms with Crippen LogP contribution in [0.25, 0.3) is 6.08 Å². The highest BCUT2D eigenvalue weighted by atomic mass is 16.5. The van der Waals surface area contributed by atoms with Gasteiger partial charge in [0.15, 0.2) is 6.10 Å². The maximum absolute atomic E-state index is 12.3. The smallest absolute Gasteiger partial charge is 0.332 e. The topological polar surface area (TPSA) is 225 Å². The molecular formula is C46H68N6O9. The van der Waals surface area contributed by atoms with Crippen molar-refractivity contribution in [3.8, 4) is 5.75 Å². The molecule has 336 valence electrons. The van der Waals surface area contributed by atoms with E-state index in [1.807, 2.05) is 38.3 Å². The number of benzene rings is 2. The van der Waals surface area contributed by atoms with Crippen molar-refractivity contribution in [1.29, 1.82) is 0 Å². The number of phenols is 1. The highest BCUT2D eigenvalue weighted by molar-refractivity contribution is 5.94. The lowest BCUT2D eigenvalue weighted by molar-refractivity contribution is -0.147. The zero-order valence-electron chi connectivity index (χ0n) is 36.5. The van der Waals surface area contributed by atoms with E-state index in [2.05, 4.69) is 44.5 Å². The molecular weight excluding hydrogens is 781 g/mol. The van der Waals surface area contributed by atoms with Crippen molar-refractivity contribution in [1.82, 2.24) is 30.9 Å². The number of carbonyl (C=O) groups excluding carboxylic acids is 3. The van der Waals surface area contributed by atoms with Gasteiger partial charge in [0, 0.05) is 43.4 Å². The van der Waals surface area contributed by atoms with E-state index in [1.165, 1.54) is 32.1 Å². The molecule has 1 aliphatic heterocycles. The SMILES string of the molecule is C/C=C/c1cccc(CNC(=O)C2CCCOC2)c1.CNC(CCC(O)C(=O)O)C(C)CC(O)CNC(=O)c1cc(C)c(O)c(C)c1.O=CCn1cc(C2CCCCC2)nn1. The number of phenolic OH excluding ortho intramolecular Hbond substituents is 1. The summed E-state index contributed by atoms with van der Waals surface area (Å²) in [7, 11) is 1.75. The molecule has 1 aromatic heterocycles. The molecule has 0 radical (unpaired) electrons. The number of aromatic hydroxyl groups is 1. The molecule has 0 spiro atoms. The second-order valence-electron chi connectivity index (χ2n) is 16.1. The molecule has 1 saturated carbocycles. The number of hydrogen-bond donors (Lipinski definition) is 7. The van der Waals surface area contributed by atoms with Gasteiger partial charge < -0.3 is 45.9 Å². The van der Waals surface area contributed by atoms with Gasteiger partial charge in [0.25, 0.3) is 5.91 Å². The molecule has 1 aliphatic carbocycles. The Bertz CT molecular complexity index is 1810. The molecule has 2 fully saturated rings. The van der Waals surface area contributed by atoms with Gasteiger partial charge >= 0.3 is 5.97 Å². The Kier molecular flexibility index (Phi) is 22.4. The first-order valence-electron chi connectivity index (χ1n) is 21.5. The van der Waals surface area contributed by atoms with Gasteiger partial charge in [0.05, 0.1) is 30.9 Å². The summed E-state index contributed by atoms with van der Waals surface area (Å²) in [5.74, 6) is -0.696. The molecule has 1 saturated heterocycles. The third kappa shape index (κ3) is 17.9. The molecule has 2 aliphatic rings. The molecule has 5 unspecified atom stereocenters. The van der Waals surface area contributed by atoms with Crippen molar-refractivity contribution >= 4 is 30.1 Å². The number of aliphatic hydroxyl groups is 2. The summed E-state index contributed by atoms with van der Waals surface area (Å²) in [6.07, 6.45) is 13.9. The lowest BCUT2D eigenvalue weighted by Crippen LogP contribution is -2.38. The van der Waals surface area contributed by atoms with E-state index in [-0.39, 0.29) is 48.4 Å². The normalized spacial score (nSPS) is 17.4. The van der Waals surface area contributed by atoms with Gasteiger partial charge in [0.1, 0.15) is 12.0 Å². The lowest BCUT2D eigenvalue weighted by atomic mass is 9.87. The molecule has 3 aromatic rings. The number of nitrogens with one attached hydrogen (secondary N) is 3. The summed E-state index contributed by atoms with van der Waals surface area (Å²) in [6.45, 7) is 9.68. The van der Waals surface area contributed by atoms with Crippen LogP contribution in [0.5, 0.6) is 5.75 Å². The van der Waals surface area contributed by atoms with Crippen molar-refractivity contribution in [2.75, 3.05) is 26.8 Å². The number of aryl methyl sites for hydroxylation is 2. The van der Waals surface area contributed by atoms with E-state index >= 15 is 0 Å². The van der Waals surface area contributed by atoms with Crippen LogP contribution in [-0.4, -0.2) is 105 Å². The van der Waals surface area contributed by atoms with Crippen LogP contribution in [0.1, 0.15) is 122 Å². The minimum Gasteiger partial charge on any atom is -0.507 e. The number of aldehydes is 1. The quantitative estimate of drug-likeness (QED) is 0.0818. The standard InChI is InChI=1S/C20H32N2O6.C16H21NO2.C10H15N3O/c1-11(16(21-4)5-6-17(24)20(27)28)9-15(23)10-22-19(26)14-7-12(2)18(25)13(3)8-14;1-2-5-13-6-3-7-14(10-13)11-17-16(18)15-8-4-9-19-12-15;14-7-6-13-8-10(11-12-13)9-4-2-1-3-5-9/h7-8,11,15-17,21,23-25H,5-6,9-10H2,1-4H3,(H,22,26)(H,27,28);2-3,5-7,10,15H,4,8-9,11-12H2,1H3,(H,17,18);7-9H,1-6H2/b;5-2+;. The summed E-state index contributed by atoms with van der Waals surface area (Å²) in [6, 6.07) is 11.3. The fourth-order valence-corrected chi connectivity index (χ4v) is 7.60. The number of carboxylic acids is 1. The third-order valence-electron chi connectivity index (χ3n) is 11.1. The van der Waals surface area contributed by atoms with Gasteiger partial charge in [0.2, 0.25) is 5.91 Å². The Labute approximate surface area is 360 Å². The van der Waals surface area contributed by atoms with Crippen molar-refractivity contribution in [3.63, 3.8) is 0 Å². The van der Waals surface area contributed by atoms with Crippen LogP contribution in [-0.2, 0) is 32.2 Å². The van der Waals surface area contributed by atoms with E-state index in [9.17, 15) is 34.5 Å². The van der Waals surface area contributed by atoms with Crippen LogP contribution in [0.15, 0.2) is 48.7 Å². The van der Waals surface area contributed by atoms with Gasteiger partial charge in [-0.25, -0.2) is 9.48 Å². The summed E-state index contributed by atoms with van der Waals surface area (Å²) in [4.78, 5) is 45.2. The maximum Gasteiger partial charge on any atom is 0.332 e. The number of ether oxygens (including phenoxy) is 1. The Morgan fingerprint density at radius 1 is 1.00 bits per heavy atom. The summed E-state index contributed by atoms with van der Waals surface area (Å²) in [5.41, 5.74) is 4.99. The predicted octanol–water partition coefficient (Wildman–Crippen LogP) is 5.23. The largest absolute Gasteiger partial charge is 0.507 e. The van der Waals surface area contributed by atoms with Crippen molar-refractivity contribution in [2.45, 2.75) is 129 Å². The Hall–Kier alpha value is -4.96. The molecule has 61 heavy (non-hydrogen) atoms. The second kappa shape index (κ2) is 27.1. The van der Waals surface area contributed by atoms with Crippen LogP contribution >= 0.6 is 0 Å². The molecule has 0 bridgehead atoms. The van der Waals surface area contributed by atoms with Crippen molar-refractivity contribution < 1.29 is 44.3 Å². The molecule has 15 heteroatoms. The lowest BCUT2D eigenvalue weighted by Gasteiger charge is -2.26. The highest BCUT2D eigenvalue weighted by Crippen LogP contribution is 2.31. The van der Waals surface area contributed by atoms with E-state index in [0.717, 1.165) is 42.6 Å². The van der Waals surface area contributed by atoms with Crippen molar-refractivity contribution in [2.24, 2.45) is 11.8 Å². The van der Waals surface area contributed by atoms with Crippen molar-refractivity contribution in [3.05, 3.63) is 82.2 Å². The number of nitrogens with zero attached hydrogens (tertiary/aromatic N) is 3. The minimum absolute atomic E-state index is 0.0102. The van der Waals surface area contributed by atoms with Gasteiger partial charge in [-0.2, -0.15) is 0 Å². The number of rotatable bonds is 18. The first-order valence-corrected chi connectivity index (χ1v) is 21.5. The van der Waals surface area contributed by atoms with Crippen LogP contribution in [0.4, 0.5) is 0 Å². The van der Waals surface area contributed by atoms with Gasteiger partial charge in [-0.1, -0.05) is 61.8 Å². The van der Waals surface area contributed by atoms with Gasteiger partial charge in [-0.05, 0) is 119 Å². The number of hydrogen-bond acceptors (Lipinski definition) is 11. The Morgan fingerprint density at radius 2 is 1.72 bits per heavy atom. The number of aromatic nitrogens is 3. The molecule has 2 amide bonds. The van der Waals surface area contributed by atoms with Crippen LogP contribution in [0.3, 0.4) is 0 Å². The Morgan fingerprint density at radius 3 is 2.34 bits per heavy atom. The molecule has 5 rings (SSSR count). The monoisotopic (exact) mass is 849 g/mol. The maximum atomic E-state index is 12.3. The average Bonchev–Trinajstić information content (AvgIpc) is 3.74. The fourth-order valence-electron chi connectivity index (χ4n) is 7.60. The summed E-state index contributed by atoms with van der Waals surface area (Å²) < 4.78 is 6.94. The zero-order valence-corrected chi connectivity index (χ0v) is 36.5. The summed E-state index contributed by atoms with van der Waals surface area (Å²) >= 11 is 0. The van der Waals surface area contributed by atoms with Gasteiger partial charge in [-0.15, -0.1) is 5.10 Å². The summed E-state index contributed by atoms with van der Waals surface area (Å²) in [5, 5.41) is 55.0. The molecule has 2 heterocycles. The fraction of sp³-hybridized carbons (Fsp3) is 0.565. The van der Waals surface area contributed by atoms with Crippen LogP contribution in [0.2, 0.25) is 0 Å². The first-order chi connectivity index (χ1) is 29.3. The average molecular weight is 849 g/mol. The number of aliphatic carboxylic acids is 1. The van der Waals surface area contributed by atoms with Crippen LogP contribution in [0, 0.1) is 25.7 Å². The first kappa shape index (κ1) is 50.4. The number of amides is 2. The second-order valence-corrected chi connectivity index (χ2v) is 16.1. The number of aliphatic hydroxyl groups excluding tert-OH is 2. The predicted molar refractivity (Wildman–Crippen MR) is 234 cm³/mol. The number of carbonyl (C=O) groups is 4. The van der Waals surface area contributed by atoms with E-state index in [1.54, 1.807) is 37.7 Å². The molecule has 7 N–H and O–H groups in total. The third-order valence-corrected chi connectivity index (χ3v) is 11.1.